The van der Waals surface area contributed by atoms with Crippen LogP contribution < -0.4 is 5.73 Å². The van der Waals surface area contributed by atoms with Crippen LogP contribution in [0.3, 0.4) is 0 Å². The minimum absolute atomic E-state index is 0.227. The highest BCUT2D eigenvalue weighted by molar-refractivity contribution is 7.17. The molecular weight excluding hydrogens is 354 g/mol. The van der Waals surface area contributed by atoms with E-state index in [4.69, 9.17) is 10.5 Å². The molecule has 2 N–H and O–H groups in total. The summed E-state index contributed by atoms with van der Waals surface area (Å²) >= 11 is 3.15. The smallest absolute Gasteiger partial charge is 0.222 e. The summed E-state index contributed by atoms with van der Waals surface area (Å²) in [6.45, 7) is 5.19. The Balaban J connectivity index is 1.57. The highest BCUT2D eigenvalue weighted by Gasteiger charge is 2.24. The number of nitrogen functional groups attached to an aromatic ring is 1. The number of amides is 1. The number of anilines is 1. The molecule has 2 aromatic heterocycles. The summed E-state index contributed by atoms with van der Waals surface area (Å²) in [5.74, 6) is 0.698. The van der Waals surface area contributed by atoms with Gasteiger partial charge in [0, 0.05) is 31.0 Å². The van der Waals surface area contributed by atoms with Crippen LogP contribution >= 0.6 is 22.7 Å². The topological polar surface area (TPSA) is 68.5 Å². The molecule has 1 saturated heterocycles. The number of hydrogen-bond acceptors (Lipinski definition) is 6. The molecule has 1 aliphatic rings. The number of nitrogens with zero attached hydrogens (tertiary/aromatic N) is 2. The normalized spacial score (nSPS) is 17.8. The number of nitrogens with two attached hydrogens (primary N) is 1. The lowest BCUT2D eigenvalue weighted by Gasteiger charge is -2.32. The summed E-state index contributed by atoms with van der Waals surface area (Å²) < 4.78 is 5.53. The van der Waals surface area contributed by atoms with Crippen molar-refractivity contribution in [3.8, 4) is 10.6 Å². The Morgan fingerprint density at radius 3 is 3.16 bits per heavy atom. The number of thiophene rings is 1. The van der Waals surface area contributed by atoms with Crippen LogP contribution in [-0.2, 0) is 16.0 Å². The third-order valence-electron chi connectivity index (χ3n) is 4.46. The molecule has 0 bridgehead atoms. The number of aromatic nitrogens is 1. The van der Waals surface area contributed by atoms with Crippen LogP contribution in [-0.4, -0.2) is 42.1 Å². The molecule has 0 saturated carbocycles. The number of piperidine rings is 1. The highest BCUT2D eigenvalue weighted by atomic mass is 32.1. The number of hydrogen-bond donors (Lipinski definition) is 1. The van der Waals surface area contributed by atoms with Gasteiger partial charge in [-0.3, -0.25) is 4.79 Å². The molecule has 1 amide bonds. The van der Waals surface area contributed by atoms with Crippen LogP contribution in [0, 0.1) is 5.92 Å². The fourth-order valence-corrected chi connectivity index (χ4v) is 4.89. The van der Waals surface area contributed by atoms with Gasteiger partial charge in [-0.1, -0.05) is 6.07 Å². The maximum atomic E-state index is 12.6. The molecule has 1 fully saturated rings. The SMILES string of the molecule is CCOCC1CCCN(C(=O)CCc2sc(N)nc2-c2cccs2)C1. The van der Waals surface area contributed by atoms with Gasteiger partial charge in [-0.2, -0.15) is 0 Å². The Morgan fingerprint density at radius 1 is 1.52 bits per heavy atom. The molecular formula is C18H25N3O2S2. The Morgan fingerprint density at radius 2 is 2.40 bits per heavy atom. The van der Waals surface area contributed by atoms with Gasteiger partial charge in [0.05, 0.1) is 17.2 Å². The second kappa shape index (κ2) is 8.78. The van der Waals surface area contributed by atoms with E-state index in [1.165, 1.54) is 11.3 Å². The molecule has 0 aromatic carbocycles. The van der Waals surface area contributed by atoms with E-state index in [-0.39, 0.29) is 5.91 Å². The molecule has 7 heteroatoms. The third-order valence-corrected chi connectivity index (χ3v) is 6.28. The first kappa shape index (κ1) is 18.4. The van der Waals surface area contributed by atoms with Crippen molar-refractivity contribution < 1.29 is 9.53 Å². The molecule has 1 aliphatic heterocycles. The Hall–Kier alpha value is -1.44. The van der Waals surface area contributed by atoms with E-state index in [0.29, 0.717) is 23.9 Å². The summed E-state index contributed by atoms with van der Waals surface area (Å²) in [6.07, 6.45) is 3.43. The molecule has 5 nitrogen and oxygen atoms in total. The van der Waals surface area contributed by atoms with E-state index in [9.17, 15) is 4.79 Å². The predicted octanol–water partition coefficient (Wildman–Crippen LogP) is 3.66. The first-order valence-electron chi connectivity index (χ1n) is 8.82. The van der Waals surface area contributed by atoms with E-state index in [1.807, 2.05) is 29.3 Å². The third kappa shape index (κ3) is 4.80. The fraction of sp³-hybridized carbons (Fsp3) is 0.556. The fourth-order valence-electron chi connectivity index (χ4n) is 3.24. The van der Waals surface area contributed by atoms with Crippen molar-refractivity contribution in [1.29, 1.82) is 0 Å². The Labute approximate surface area is 156 Å². The summed E-state index contributed by atoms with van der Waals surface area (Å²) in [5, 5.41) is 2.60. The minimum Gasteiger partial charge on any atom is -0.381 e. The van der Waals surface area contributed by atoms with Crippen molar-refractivity contribution in [2.45, 2.75) is 32.6 Å². The first-order valence-corrected chi connectivity index (χ1v) is 10.5. The van der Waals surface area contributed by atoms with Gasteiger partial charge in [0.15, 0.2) is 5.13 Å². The highest BCUT2D eigenvalue weighted by Crippen LogP contribution is 2.33. The zero-order chi connectivity index (χ0) is 17.6. The van der Waals surface area contributed by atoms with Crippen molar-refractivity contribution in [3.63, 3.8) is 0 Å². The van der Waals surface area contributed by atoms with E-state index >= 15 is 0 Å². The molecule has 25 heavy (non-hydrogen) atoms. The van der Waals surface area contributed by atoms with Crippen LogP contribution in [0.15, 0.2) is 17.5 Å². The van der Waals surface area contributed by atoms with Crippen molar-refractivity contribution in [2.24, 2.45) is 5.92 Å². The summed E-state index contributed by atoms with van der Waals surface area (Å²) in [6, 6.07) is 4.06. The van der Waals surface area contributed by atoms with Crippen LogP contribution in [0.25, 0.3) is 10.6 Å². The number of likely N-dealkylation sites (tertiary alicyclic amines) is 1. The number of carbonyl (C=O) groups excluding carboxylic acids is 1. The lowest BCUT2D eigenvalue weighted by atomic mass is 9.98. The molecule has 1 unspecified atom stereocenters. The minimum atomic E-state index is 0.227. The van der Waals surface area contributed by atoms with Gasteiger partial charge < -0.3 is 15.4 Å². The van der Waals surface area contributed by atoms with Crippen LogP contribution in [0.2, 0.25) is 0 Å². The van der Waals surface area contributed by atoms with Gasteiger partial charge in [0.1, 0.15) is 0 Å². The zero-order valence-electron chi connectivity index (χ0n) is 14.6. The number of aryl methyl sites for hydroxylation is 1. The standard InChI is InChI=1S/C18H25N3O2S2/c1-2-23-12-13-5-3-9-21(11-13)16(22)8-7-15-17(20-18(19)25-15)14-6-4-10-24-14/h4,6,10,13H,2-3,5,7-9,11-12H2,1H3,(H2,19,20). The lowest BCUT2D eigenvalue weighted by molar-refractivity contribution is -0.133. The second-order valence-electron chi connectivity index (χ2n) is 6.31. The Kier molecular flexibility index (Phi) is 6.45. The molecule has 3 rings (SSSR count). The quantitative estimate of drug-likeness (QED) is 0.797. The average Bonchev–Trinajstić information content (AvgIpc) is 3.27. The predicted molar refractivity (Wildman–Crippen MR) is 104 cm³/mol. The number of thiazole rings is 1. The van der Waals surface area contributed by atoms with E-state index < -0.39 is 0 Å². The van der Waals surface area contributed by atoms with Gasteiger partial charge in [0.25, 0.3) is 0 Å². The largest absolute Gasteiger partial charge is 0.381 e. The van der Waals surface area contributed by atoms with Crippen molar-refractivity contribution in [2.75, 3.05) is 32.0 Å². The molecule has 2 aromatic rings. The number of carbonyl (C=O) groups is 1. The molecule has 0 spiro atoms. The van der Waals surface area contributed by atoms with E-state index in [2.05, 4.69) is 4.98 Å². The summed E-state index contributed by atoms with van der Waals surface area (Å²) in [4.78, 5) is 21.3. The second-order valence-corrected chi connectivity index (χ2v) is 8.37. The summed E-state index contributed by atoms with van der Waals surface area (Å²) in [7, 11) is 0. The zero-order valence-corrected chi connectivity index (χ0v) is 16.2. The maximum absolute atomic E-state index is 12.6. The monoisotopic (exact) mass is 379 g/mol. The van der Waals surface area contributed by atoms with Gasteiger partial charge >= 0.3 is 0 Å². The Bertz CT molecular complexity index is 685. The van der Waals surface area contributed by atoms with E-state index in [1.54, 1.807) is 11.3 Å². The van der Waals surface area contributed by atoms with Crippen molar-refractivity contribution in [1.82, 2.24) is 9.88 Å². The van der Waals surface area contributed by atoms with Gasteiger partial charge in [0.2, 0.25) is 5.91 Å². The number of ether oxygens (including phenoxy) is 1. The van der Waals surface area contributed by atoms with Gasteiger partial charge in [-0.05, 0) is 43.6 Å². The van der Waals surface area contributed by atoms with Crippen LogP contribution in [0.1, 0.15) is 31.1 Å². The van der Waals surface area contributed by atoms with Crippen LogP contribution in [0.5, 0.6) is 0 Å². The van der Waals surface area contributed by atoms with Gasteiger partial charge in [-0.15, -0.1) is 22.7 Å². The number of rotatable bonds is 7. The lowest BCUT2D eigenvalue weighted by Crippen LogP contribution is -2.41. The van der Waals surface area contributed by atoms with Crippen molar-refractivity contribution >= 4 is 33.7 Å². The van der Waals surface area contributed by atoms with Gasteiger partial charge in [-0.25, -0.2) is 4.98 Å². The van der Waals surface area contributed by atoms with Crippen LogP contribution in [0.4, 0.5) is 5.13 Å². The first-order chi connectivity index (χ1) is 12.2. The summed E-state index contributed by atoms with van der Waals surface area (Å²) in [5.41, 5.74) is 6.84. The molecule has 1 atom stereocenters. The molecule has 136 valence electrons. The average molecular weight is 380 g/mol. The molecule has 0 aliphatic carbocycles. The van der Waals surface area contributed by atoms with E-state index in [0.717, 1.165) is 54.6 Å². The molecule has 3 heterocycles. The molecule has 0 radical (unpaired) electrons. The van der Waals surface area contributed by atoms with Crippen molar-refractivity contribution in [3.05, 3.63) is 22.4 Å². The maximum Gasteiger partial charge on any atom is 0.222 e.